The predicted octanol–water partition coefficient (Wildman–Crippen LogP) is 5.23. The lowest BCUT2D eigenvalue weighted by atomic mass is 9.67. The molecule has 1 fully saturated rings. The van der Waals surface area contributed by atoms with E-state index in [1.54, 1.807) is 6.07 Å². The lowest BCUT2D eigenvalue weighted by Crippen LogP contribution is -2.33. The number of nitriles is 1. The van der Waals surface area contributed by atoms with E-state index in [-0.39, 0.29) is 22.2 Å². The first kappa shape index (κ1) is 27.8. The van der Waals surface area contributed by atoms with Gasteiger partial charge in [0.15, 0.2) is 11.4 Å². The standard InChI is InChI=1S/C25H23F3N6O4S/c1-14-19(21(35)31-15-6-4-7-16(12-15)39(3,30)36)23(34-33-20(14)25(26,27)28)38-17-8-9-18(32-22(17)37-2)24(13-29)10-5-11-24/h4,6-9,12,30H,5,10-11H2,1-3H3,(H,31,35). The quantitative estimate of drug-likeness (QED) is 0.399. The van der Waals surface area contributed by atoms with Gasteiger partial charge in [0.25, 0.3) is 17.7 Å². The number of hydrogen-bond acceptors (Lipinski definition) is 9. The smallest absolute Gasteiger partial charge is 0.435 e. The summed E-state index contributed by atoms with van der Waals surface area (Å²) in [6, 6.07) is 10.9. The van der Waals surface area contributed by atoms with Gasteiger partial charge in [0.05, 0.1) is 34.0 Å². The van der Waals surface area contributed by atoms with Crippen LogP contribution in [0.2, 0.25) is 0 Å². The van der Waals surface area contributed by atoms with Gasteiger partial charge in [-0.2, -0.15) is 18.4 Å². The van der Waals surface area contributed by atoms with Crippen LogP contribution in [0.4, 0.5) is 18.9 Å². The van der Waals surface area contributed by atoms with E-state index < -0.39 is 49.9 Å². The van der Waals surface area contributed by atoms with E-state index in [4.69, 9.17) is 14.3 Å². The number of nitrogens with zero attached hydrogens (tertiary/aromatic N) is 4. The second-order valence-corrected chi connectivity index (χ2v) is 11.2. The number of anilines is 1. The van der Waals surface area contributed by atoms with Crippen molar-refractivity contribution in [2.75, 3.05) is 18.7 Å². The molecule has 10 nitrogen and oxygen atoms in total. The maximum absolute atomic E-state index is 13.6. The lowest BCUT2D eigenvalue weighted by molar-refractivity contribution is -0.142. The van der Waals surface area contributed by atoms with E-state index in [0.717, 1.165) is 13.3 Å². The zero-order chi connectivity index (χ0) is 28.6. The van der Waals surface area contributed by atoms with Crippen molar-refractivity contribution in [3.63, 3.8) is 0 Å². The summed E-state index contributed by atoms with van der Waals surface area (Å²) in [6.07, 6.45) is -1.58. The highest BCUT2D eigenvalue weighted by molar-refractivity contribution is 7.91. The highest BCUT2D eigenvalue weighted by Gasteiger charge is 2.41. The molecule has 1 atom stereocenters. The summed E-state index contributed by atoms with van der Waals surface area (Å²) in [5, 5.41) is 18.9. The molecule has 1 saturated carbocycles. The Morgan fingerprint density at radius 1 is 1.21 bits per heavy atom. The zero-order valence-corrected chi connectivity index (χ0v) is 21.9. The van der Waals surface area contributed by atoms with Crippen LogP contribution < -0.4 is 14.8 Å². The fourth-order valence-corrected chi connectivity index (χ4v) is 4.79. The molecule has 1 aromatic carbocycles. The minimum absolute atomic E-state index is 0.0550. The van der Waals surface area contributed by atoms with Gasteiger partial charge in [-0.25, -0.2) is 14.0 Å². The molecule has 0 bridgehead atoms. The molecule has 1 unspecified atom stereocenters. The number of carbonyl (C=O) groups is 1. The molecule has 204 valence electrons. The third-order valence-corrected chi connectivity index (χ3v) is 7.51. The zero-order valence-electron chi connectivity index (χ0n) is 21.0. The third kappa shape index (κ3) is 5.49. The number of pyridine rings is 1. The van der Waals surface area contributed by atoms with Crippen molar-refractivity contribution in [3.05, 3.63) is 58.9 Å². The maximum atomic E-state index is 13.6. The third-order valence-electron chi connectivity index (χ3n) is 6.36. The number of ether oxygens (including phenoxy) is 2. The Bertz CT molecular complexity index is 1600. The van der Waals surface area contributed by atoms with Gasteiger partial charge in [0.1, 0.15) is 5.56 Å². The van der Waals surface area contributed by atoms with Crippen molar-refractivity contribution in [2.24, 2.45) is 0 Å². The number of methoxy groups -OCH3 is 1. The first-order chi connectivity index (χ1) is 18.3. The van der Waals surface area contributed by atoms with Crippen LogP contribution in [0.5, 0.6) is 17.5 Å². The lowest BCUT2D eigenvalue weighted by Gasteiger charge is -2.34. The Morgan fingerprint density at radius 3 is 2.49 bits per heavy atom. The first-order valence-corrected chi connectivity index (χ1v) is 13.5. The Labute approximate surface area is 222 Å². The monoisotopic (exact) mass is 560 g/mol. The van der Waals surface area contributed by atoms with E-state index in [1.807, 2.05) is 0 Å². The van der Waals surface area contributed by atoms with Gasteiger partial charge in [-0.3, -0.25) is 4.79 Å². The first-order valence-electron chi connectivity index (χ1n) is 11.5. The molecule has 3 aromatic rings. The number of hydrogen-bond donors (Lipinski definition) is 2. The van der Waals surface area contributed by atoms with Crippen molar-refractivity contribution < 1.29 is 31.6 Å². The topological polar surface area (TPSA) is 151 Å². The summed E-state index contributed by atoms with van der Waals surface area (Å²) < 4.78 is 71.7. The van der Waals surface area contributed by atoms with Crippen LogP contribution in [-0.2, 0) is 21.3 Å². The van der Waals surface area contributed by atoms with E-state index in [9.17, 15) is 27.4 Å². The maximum Gasteiger partial charge on any atom is 0.435 e. The minimum atomic E-state index is -4.90. The molecule has 1 amide bonds. The van der Waals surface area contributed by atoms with Crippen LogP contribution in [0.25, 0.3) is 0 Å². The summed E-state index contributed by atoms with van der Waals surface area (Å²) >= 11 is 0. The number of halogens is 3. The highest BCUT2D eigenvalue weighted by Crippen LogP contribution is 2.44. The summed E-state index contributed by atoms with van der Waals surface area (Å²) in [5.41, 5.74) is -2.66. The van der Waals surface area contributed by atoms with Crippen molar-refractivity contribution in [3.8, 4) is 23.6 Å². The summed E-state index contributed by atoms with van der Waals surface area (Å²) in [5.74, 6) is -1.66. The van der Waals surface area contributed by atoms with E-state index in [2.05, 4.69) is 26.6 Å². The number of rotatable bonds is 7. The highest BCUT2D eigenvalue weighted by atomic mass is 32.2. The van der Waals surface area contributed by atoms with Gasteiger partial charge in [-0.15, -0.1) is 10.2 Å². The molecule has 14 heteroatoms. The molecule has 2 heterocycles. The minimum Gasteiger partial charge on any atom is -0.478 e. The molecular formula is C25H23F3N6O4S. The predicted molar refractivity (Wildman–Crippen MR) is 133 cm³/mol. The molecule has 0 saturated heterocycles. The van der Waals surface area contributed by atoms with Crippen LogP contribution in [0.1, 0.15) is 46.6 Å². The van der Waals surface area contributed by atoms with Crippen LogP contribution in [0, 0.1) is 23.0 Å². The van der Waals surface area contributed by atoms with Gasteiger partial charge in [-0.1, -0.05) is 6.07 Å². The largest absolute Gasteiger partial charge is 0.478 e. The van der Waals surface area contributed by atoms with Crippen molar-refractivity contribution in [1.82, 2.24) is 15.2 Å². The van der Waals surface area contributed by atoms with Gasteiger partial charge in [0, 0.05) is 16.8 Å². The van der Waals surface area contributed by atoms with Gasteiger partial charge in [-0.05, 0) is 62.1 Å². The van der Waals surface area contributed by atoms with Crippen molar-refractivity contribution in [1.29, 1.82) is 10.0 Å². The van der Waals surface area contributed by atoms with Crippen molar-refractivity contribution in [2.45, 2.75) is 42.7 Å². The Hall–Kier alpha value is -4.25. The number of benzene rings is 1. The summed E-state index contributed by atoms with van der Waals surface area (Å²) in [7, 11) is -1.81. The molecule has 1 aliphatic rings. The second kappa shape index (κ2) is 10.1. The van der Waals surface area contributed by atoms with Crippen LogP contribution in [0.3, 0.4) is 0 Å². The average Bonchev–Trinajstić information content (AvgIpc) is 2.83. The summed E-state index contributed by atoms with van der Waals surface area (Å²) in [4.78, 5) is 17.8. The van der Waals surface area contributed by atoms with Gasteiger partial charge >= 0.3 is 6.18 Å². The fraction of sp³-hybridized carbons (Fsp3) is 0.320. The van der Waals surface area contributed by atoms with Crippen LogP contribution >= 0.6 is 0 Å². The average molecular weight is 561 g/mol. The summed E-state index contributed by atoms with van der Waals surface area (Å²) in [6.45, 7) is 1.06. The normalized spacial score (nSPS) is 15.8. The van der Waals surface area contributed by atoms with Crippen LogP contribution in [-0.4, -0.2) is 38.7 Å². The SMILES string of the molecule is COc1nc(C2(C#N)CCC2)ccc1Oc1nnc(C(F)(F)F)c(C)c1C(=O)Nc1cccc(S(C)(=N)=O)c1. The van der Waals surface area contributed by atoms with Gasteiger partial charge in [0.2, 0.25) is 0 Å². The number of carbonyl (C=O) groups excluding carboxylic acids is 1. The number of nitrogens with one attached hydrogen (secondary N) is 2. The van der Waals surface area contributed by atoms with E-state index >= 15 is 0 Å². The Kier molecular flexibility index (Phi) is 7.22. The molecule has 0 aliphatic heterocycles. The fourth-order valence-electron chi connectivity index (χ4n) is 4.09. The second-order valence-electron chi connectivity index (χ2n) is 9.03. The number of alkyl halides is 3. The van der Waals surface area contributed by atoms with Crippen molar-refractivity contribution >= 4 is 21.3 Å². The van der Waals surface area contributed by atoms with E-state index in [1.165, 1.54) is 43.7 Å². The van der Waals surface area contributed by atoms with Gasteiger partial charge < -0.3 is 14.8 Å². The number of aromatic nitrogens is 3. The van der Waals surface area contributed by atoms with Crippen LogP contribution in [0.15, 0.2) is 41.3 Å². The van der Waals surface area contributed by atoms with E-state index in [0.29, 0.717) is 18.5 Å². The molecule has 39 heavy (non-hydrogen) atoms. The molecule has 0 spiro atoms. The molecule has 0 radical (unpaired) electrons. The molecule has 2 aromatic heterocycles. The Morgan fingerprint density at radius 2 is 1.92 bits per heavy atom. The molecule has 1 aliphatic carbocycles. The molecule has 4 rings (SSSR count). The Balaban J connectivity index is 1.76. The molecular weight excluding hydrogens is 537 g/mol. The number of amides is 1. The molecule has 2 N–H and O–H groups in total.